The molecule has 0 aromatic carbocycles. The van der Waals surface area contributed by atoms with Crippen molar-refractivity contribution in [2.75, 3.05) is 13.2 Å². The summed E-state index contributed by atoms with van der Waals surface area (Å²) < 4.78 is 33.6. The van der Waals surface area contributed by atoms with E-state index in [4.69, 9.17) is 4.74 Å². The van der Waals surface area contributed by atoms with Crippen LogP contribution in [0, 0.1) is 28.6 Å². The number of hydrogen-bond donors (Lipinski definition) is 1. The minimum atomic E-state index is -2.69. The van der Waals surface area contributed by atoms with Gasteiger partial charge in [0.2, 0.25) is 0 Å². The van der Waals surface area contributed by atoms with Crippen LogP contribution in [0.5, 0.6) is 0 Å². The summed E-state index contributed by atoms with van der Waals surface area (Å²) in [5.41, 5.74) is -0.853. The Labute approximate surface area is 132 Å². The third-order valence-electron chi connectivity index (χ3n) is 6.42. The van der Waals surface area contributed by atoms with Crippen molar-refractivity contribution >= 4 is 0 Å². The topological polar surface area (TPSA) is 29.5 Å². The van der Waals surface area contributed by atoms with Gasteiger partial charge in [0.1, 0.15) is 0 Å². The molecule has 128 valence electrons. The van der Waals surface area contributed by atoms with Crippen molar-refractivity contribution in [1.29, 1.82) is 0 Å². The maximum Gasteiger partial charge on any atom is 0.255 e. The van der Waals surface area contributed by atoms with Crippen LogP contribution in [0.15, 0.2) is 0 Å². The molecule has 0 amide bonds. The van der Waals surface area contributed by atoms with Crippen LogP contribution in [0.2, 0.25) is 0 Å². The van der Waals surface area contributed by atoms with E-state index in [-0.39, 0.29) is 24.5 Å². The van der Waals surface area contributed by atoms with E-state index < -0.39 is 11.3 Å². The fraction of sp³-hybridized carbons (Fsp3) is 1.00. The molecular formula is C18H30F2O2. The Balaban J connectivity index is 1.51. The minimum absolute atomic E-state index is 0.130. The lowest BCUT2D eigenvalue weighted by atomic mass is 9.49. The molecule has 4 saturated carbocycles. The second kappa shape index (κ2) is 5.41. The summed E-state index contributed by atoms with van der Waals surface area (Å²) >= 11 is 0. The molecular weight excluding hydrogens is 286 g/mol. The van der Waals surface area contributed by atoms with Crippen LogP contribution in [0.3, 0.4) is 0 Å². The van der Waals surface area contributed by atoms with Gasteiger partial charge in [-0.25, -0.2) is 8.78 Å². The molecule has 0 spiro atoms. The van der Waals surface area contributed by atoms with Gasteiger partial charge in [-0.2, -0.15) is 0 Å². The maximum atomic E-state index is 14.0. The molecule has 2 unspecified atom stereocenters. The Bertz CT molecular complexity index is 400. The summed E-state index contributed by atoms with van der Waals surface area (Å²) in [7, 11) is 0. The average molecular weight is 316 g/mol. The van der Waals surface area contributed by atoms with Crippen LogP contribution in [-0.4, -0.2) is 30.3 Å². The van der Waals surface area contributed by atoms with Crippen LogP contribution >= 0.6 is 0 Å². The maximum absolute atomic E-state index is 14.0. The van der Waals surface area contributed by atoms with E-state index in [0.29, 0.717) is 18.4 Å². The SMILES string of the molecule is CC(C)(C)C(F)(F)CCOCC12CC3CC(C1)C(O)C(C3)C2. The first kappa shape index (κ1) is 16.6. The number of hydrogen-bond acceptors (Lipinski definition) is 2. The number of rotatable bonds is 5. The van der Waals surface area contributed by atoms with Crippen molar-refractivity contribution in [2.24, 2.45) is 28.6 Å². The fourth-order valence-electron chi connectivity index (χ4n) is 5.21. The van der Waals surface area contributed by atoms with Gasteiger partial charge in [0.25, 0.3) is 5.92 Å². The number of alkyl halides is 2. The first-order valence-electron chi connectivity index (χ1n) is 8.76. The molecule has 1 N–H and O–H groups in total. The monoisotopic (exact) mass is 316 g/mol. The molecule has 4 bridgehead atoms. The lowest BCUT2D eigenvalue weighted by Crippen LogP contribution is -2.55. The van der Waals surface area contributed by atoms with E-state index in [2.05, 4.69) is 0 Å². The molecule has 0 heterocycles. The van der Waals surface area contributed by atoms with Gasteiger partial charge in [-0.1, -0.05) is 20.8 Å². The second-order valence-corrected chi connectivity index (χ2v) is 9.22. The van der Waals surface area contributed by atoms with Crippen molar-refractivity contribution in [1.82, 2.24) is 0 Å². The Hall–Kier alpha value is -0.220. The molecule has 4 fully saturated rings. The van der Waals surface area contributed by atoms with Crippen molar-refractivity contribution in [2.45, 2.75) is 71.3 Å². The number of aliphatic hydroxyl groups is 1. The first-order chi connectivity index (χ1) is 10.1. The van der Waals surface area contributed by atoms with Gasteiger partial charge >= 0.3 is 0 Å². The fourth-order valence-corrected chi connectivity index (χ4v) is 5.21. The van der Waals surface area contributed by atoms with Gasteiger partial charge in [-0.15, -0.1) is 0 Å². The highest BCUT2D eigenvalue weighted by molar-refractivity contribution is 5.05. The highest BCUT2D eigenvalue weighted by Crippen LogP contribution is 2.60. The Morgan fingerprint density at radius 2 is 1.68 bits per heavy atom. The van der Waals surface area contributed by atoms with Gasteiger partial charge in [0.05, 0.1) is 19.3 Å². The highest BCUT2D eigenvalue weighted by Gasteiger charge is 2.55. The van der Waals surface area contributed by atoms with Crippen molar-refractivity contribution < 1.29 is 18.6 Å². The summed E-state index contributed by atoms with van der Waals surface area (Å²) in [4.78, 5) is 0. The normalized spacial score (nSPS) is 41.2. The molecule has 2 nitrogen and oxygen atoms in total. The molecule has 0 aromatic heterocycles. The van der Waals surface area contributed by atoms with Crippen LogP contribution in [0.4, 0.5) is 8.78 Å². The summed E-state index contributed by atoms with van der Waals surface area (Å²) in [6.45, 7) is 5.46. The summed E-state index contributed by atoms with van der Waals surface area (Å²) in [6, 6.07) is 0. The predicted octanol–water partition coefficient (Wildman–Crippen LogP) is 4.26. The van der Waals surface area contributed by atoms with E-state index in [9.17, 15) is 13.9 Å². The van der Waals surface area contributed by atoms with E-state index in [0.717, 1.165) is 31.6 Å². The van der Waals surface area contributed by atoms with Gasteiger partial charge in [0, 0.05) is 11.8 Å². The molecule has 0 radical (unpaired) electrons. The zero-order chi connectivity index (χ0) is 16.2. The average Bonchev–Trinajstić information content (AvgIpc) is 2.39. The van der Waals surface area contributed by atoms with Crippen LogP contribution < -0.4 is 0 Å². The van der Waals surface area contributed by atoms with Crippen LogP contribution in [0.1, 0.15) is 59.3 Å². The standard InChI is InChI=1S/C18H30F2O2/c1-16(2,3)18(19,20)4-5-22-11-17-8-12-6-13(9-17)15(21)14(7-12)10-17/h12-15,21H,4-11H2,1-3H3. The number of aliphatic hydroxyl groups excluding tert-OH is 1. The van der Waals surface area contributed by atoms with Gasteiger partial charge < -0.3 is 9.84 Å². The van der Waals surface area contributed by atoms with Crippen molar-refractivity contribution in [3.8, 4) is 0 Å². The van der Waals surface area contributed by atoms with Gasteiger partial charge in [-0.05, 0) is 55.3 Å². The molecule has 2 atom stereocenters. The molecule has 4 aliphatic carbocycles. The summed E-state index contributed by atoms with van der Waals surface area (Å²) in [5.74, 6) is -1.12. The second-order valence-electron chi connectivity index (χ2n) is 9.22. The number of halogens is 2. The molecule has 4 aliphatic rings. The third-order valence-corrected chi connectivity index (χ3v) is 6.42. The predicted molar refractivity (Wildman–Crippen MR) is 81.8 cm³/mol. The Kier molecular flexibility index (Phi) is 4.09. The summed E-state index contributed by atoms with van der Waals surface area (Å²) in [5, 5.41) is 10.3. The Morgan fingerprint density at radius 3 is 2.23 bits per heavy atom. The van der Waals surface area contributed by atoms with Crippen molar-refractivity contribution in [3.63, 3.8) is 0 Å². The van der Waals surface area contributed by atoms with E-state index in [1.165, 1.54) is 6.42 Å². The minimum Gasteiger partial charge on any atom is -0.393 e. The zero-order valence-corrected chi connectivity index (χ0v) is 14.1. The largest absolute Gasteiger partial charge is 0.393 e. The van der Waals surface area contributed by atoms with E-state index in [1.807, 2.05) is 0 Å². The zero-order valence-electron chi connectivity index (χ0n) is 14.1. The van der Waals surface area contributed by atoms with Crippen molar-refractivity contribution in [3.05, 3.63) is 0 Å². The van der Waals surface area contributed by atoms with Gasteiger partial charge in [-0.3, -0.25) is 0 Å². The molecule has 0 aromatic rings. The number of ether oxygens (including phenoxy) is 1. The molecule has 4 heteroatoms. The third kappa shape index (κ3) is 2.93. The molecule has 22 heavy (non-hydrogen) atoms. The van der Waals surface area contributed by atoms with Crippen LogP contribution in [0.25, 0.3) is 0 Å². The quantitative estimate of drug-likeness (QED) is 0.768. The van der Waals surface area contributed by atoms with Crippen LogP contribution in [-0.2, 0) is 4.74 Å². The summed E-state index contributed by atoms with van der Waals surface area (Å²) in [6.07, 6.45) is 5.19. The van der Waals surface area contributed by atoms with E-state index in [1.54, 1.807) is 20.8 Å². The highest BCUT2D eigenvalue weighted by atomic mass is 19.3. The molecule has 4 rings (SSSR count). The smallest absolute Gasteiger partial charge is 0.255 e. The Morgan fingerprint density at radius 1 is 1.09 bits per heavy atom. The van der Waals surface area contributed by atoms with Gasteiger partial charge in [0.15, 0.2) is 0 Å². The lowest BCUT2D eigenvalue weighted by molar-refractivity contribution is -0.162. The first-order valence-corrected chi connectivity index (χ1v) is 8.76. The molecule has 0 aliphatic heterocycles. The molecule has 0 saturated heterocycles. The van der Waals surface area contributed by atoms with E-state index >= 15 is 0 Å². The lowest BCUT2D eigenvalue weighted by Gasteiger charge is -2.58.